The van der Waals surface area contributed by atoms with Crippen molar-refractivity contribution in [3.63, 3.8) is 0 Å². The molecule has 0 aliphatic rings. The molecule has 0 bridgehead atoms. The Morgan fingerprint density at radius 2 is 1.33 bits per heavy atom. The largest absolute Gasteiger partial charge is 0.338 e. The van der Waals surface area contributed by atoms with Crippen LogP contribution in [0.2, 0.25) is 0 Å². The molecular weight excluding hydrogens is 330 g/mol. The van der Waals surface area contributed by atoms with Gasteiger partial charge in [-0.2, -0.15) is 0 Å². The molecule has 0 saturated heterocycles. The standard InChI is InChI=1S/C24H17N3/c1-3-9-17(10-4-1)22-15-20(19-13-7-8-14-21(19)26-22)24-25-16-23(27-24)18-11-5-2-6-12-18/h1-16H,(H,25,27). The van der Waals surface area contributed by atoms with Crippen LogP contribution >= 0.6 is 0 Å². The Morgan fingerprint density at radius 3 is 2.11 bits per heavy atom. The summed E-state index contributed by atoms with van der Waals surface area (Å²) < 4.78 is 0. The molecule has 5 rings (SSSR count). The van der Waals surface area contributed by atoms with Crippen molar-refractivity contribution in [2.45, 2.75) is 0 Å². The van der Waals surface area contributed by atoms with Crippen LogP contribution in [-0.4, -0.2) is 15.0 Å². The lowest BCUT2D eigenvalue weighted by Gasteiger charge is -2.08. The summed E-state index contributed by atoms with van der Waals surface area (Å²) in [7, 11) is 0. The number of rotatable bonds is 3. The second kappa shape index (κ2) is 6.54. The number of pyridine rings is 1. The minimum Gasteiger partial charge on any atom is -0.338 e. The summed E-state index contributed by atoms with van der Waals surface area (Å²) in [4.78, 5) is 13.0. The maximum absolute atomic E-state index is 4.85. The summed E-state index contributed by atoms with van der Waals surface area (Å²) in [5.74, 6) is 0.852. The van der Waals surface area contributed by atoms with Gasteiger partial charge in [-0.05, 0) is 17.7 Å². The fourth-order valence-electron chi connectivity index (χ4n) is 3.35. The number of hydrogen-bond acceptors (Lipinski definition) is 2. The number of H-pyrrole nitrogens is 1. The molecule has 0 fully saturated rings. The minimum absolute atomic E-state index is 0.852. The molecule has 0 radical (unpaired) electrons. The molecule has 0 amide bonds. The first-order chi connectivity index (χ1) is 13.4. The second-order valence-electron chi connectivity index (χ2n) is 6.45. The number of aromatic amines is 1. The Balaban J connectivity index is 1.70. The predicted molar refractivity (Wildman–Crippen MR) is 110 cm³/mol. The Morgan fingerprint density at radius 1 is 0.667 bits per heavy atom. The number of aromatic nitrogens is 3. The minimum atomic E-state index is 0.852. The third-order valence-electron chi connectivity index (χ3n) is 4.70. The number of imidazole rings is 1. The molecule has 0 atom stereocenters. The van der Waals surface area contributed by atoms with Crippen LogP contribution in [0.5, 0.6) is 0 Å². The van der Waals surface area contributed by atoms with E-state index in [1.807, 2.05) is 60.8 Å². The summed E-state index contributed by atoms with van der Waals surface area (Å²) in [6.45, 7) is 0. The molecular formula is C24H17N3. The highest BCUT2D eigenvalue weighted by Crippen LogP contribution is 2.31. The average molecular weight is 347 g/mol. The Kier molecular flexibility index (Phi) is 3.76. The van der Waals surface area contributed by atoms with E-state index in [4.69, 9.17) is 4.98 Å². The van der Waals surface area contributed by atoms with Crippen molar-refractivity contribution in [3.8, 4) is 33.9 Å². The van der Waals surface area contributed by atoms with Gasteiger partial charge in [-0.1, -0.05) is 78.9 Å². The van der Waals surface area contributed by atoms with Gasteiger partial charge in [0.25, 0.3) is 0 Å². The lowest BCUT2D eigenvalue weighted by molar-refractivity contribution is 1.30. The fraction of sp³-hybridized carbons (Fsp3) is 0. The molecule has 0 aliphatic heterocycles. The van der Waals surface area contributed by atoms with Crippen LogP contribution in [0, 0.1) is 0 Å². The molecule has 1 N–H and O–H groups in total. The van der Waals surface area contributed by atoms with Crippen LogP contribution in [0.1, 0.15) is 0 Å². The highest BCUT2D eigenvalue weighted by Gasteiger charge is 2.12. The molecule has 2 aromatic heterocycles. The third kappa shape index (κ3) is 2.89. The topological polar surface area (TPSA) is 41.6 Å². The molecule has 5 aromatic rings. The van der Waals surface area contributed by atoms with E-state index in [9.17, 15) is 0 Å². The van der Waals surface area contributed by atoms with Crippen LogP contribution in [0.15, 0.2) is 97.2 Å². The van der Waals surface area contributed by atoms with Gasteiger partial charge in [-0.25, -0.2) is 9.97 Å². The van der Waals surface area contributed by atoms with Gasteiger partial charge in [0.1, 0.15) is 5.82 Å². The lowest BCUT2D eigenvalue weighted by atomic mass is 10.0. The zero-order valence-electron chi connectivity index (χ0n) is 14.6. The predicted octanol–water partition coefficient (Wildman–Crippen LogP) is 5.96. The first-order valence-corrected chi connectivity index (χ1v) is 8.94. The molecule has 3 heteroatoms. The number of nitrogens with one attached hydrogen (secondary N) is 1. The van der Waals surface area contributed by atoms with Gasteiger partial charge < -0.3 is 4.98 Å². The molecule has 3 nitrogen and oxygen atoms in total. The summed E-state index contributed by atoms with van der Waals surface area (Å²) >= 11 is 0. The maximum Gasteiger partial charge on any atom is 0.138 e. The van der Waals surface area contributed by atoms with Gasteiger partial charge in [-0.15, -0.1) is 0 Å². The number of benzene rings is 3. The monoisotopic (exact) mass is 347 g/mol. The molecule has 0 unspecified atom stereocenters. The highest BCUT2D eigenvalue weighted by molar-refractivity contribution is 5.95. The molecule has 0 saturated carbocycles. The number of fused-ring (bicyclic) bond motifs is 1. The van der Waals surface area contributed by atoms with Crippen LogP contribution in [0.25, 0.3) is 44.8 Å². The molecule has 128 valence electrons. The SMILES string of the molecule is c1ccc(-c2cc(-c3ncc(-c4ccccc4)[nH]3)c3ccccc3n2)cc1. The van der Waals surface area contributed by atoms with E-state index in [1.54, 1.807) is 0 Å². The highest BCUT2D eigenvalue weighted by atomic mass is 14.9. The van der Waals surface area contributed by atoms with Gasteiger partial charge in [0.05, 0.1) is 23.1 Å². The Hall–Kier alpha value is -3.72. The van der Waals surface area contributed by atoms with Crippen LogP contribution in [-0.2, 0) is 0 Å². The second-order valence-corrected chi connectivity index (χ2v) is 6.45. The van der Waals surface area contributed by atoms with E-state index in [1.165, 1.54) is 0 Å². The van der Waals surface area contributed by atoms with Crippen LogP contribution in [0.4, 0.5) is 0 Å². The molecule has 27 heavy (non-hydrogen) atoms. The van der Waals surface area contributed by atoms with Crippen molar-refractivity contribution in [3.05, 3.63) is 97.2 Å². The van der Waals surface area contributed by atoms with Gasteiger partial charge >= 0.3 is 0 Å². The first-order valence-electron chi connectivity index (χ1n) is 8.94. The number of hydrogen-bond donors (Lipinski definition) is 1. The molecule has 0 spiro atoms. The zero-order chi connectivity index (χ0) is 18.1. The smallest absolute Gasteiger partial charge is 0.138 e. The molecule has 0 aliphatic carbocycles. The van der Waals surface area contributed by atoms with Crippen molar-refractivity contribution in [2.75, 3.05) is 0 Å². The first kappa shape index (κ1) is 15.5. The normalized spacial score (nSPS) is 11.0. The summed E-state index contributed by atoms with van der Waals surface area (Å²) in [6.07, 6.45) is 1.89. The van der Waals surface area contributed by atoms with Crippen molar-refractivity contribution in [1.82, 2.24) is 15.0 Å². The van der Waals surface area contributed by atoms with Gasteiger partial charge in [0.15, 0.2) is 0 Å². The number of para-hydroxylation sites is 1. The van der Waals surface area contributed by atoms with Crippen LogP contribution < -0.4 is 0 Å². The summed E-state index contributed by atoms with van der Waals surface area (Å²) in [5, 5.41) is 1.09. The quantitative estimate of drug-likeness (QED) is 0.437. The Labute approximate surface area is 157 Å². The van der Waals surface area contributed by atoms with Gasteiger partial charge in [0, 0.05) is 16.5 Å². The van der Waals surface area contributed by atoms with E-state index >= 15 is 0 Å². The number of nitrogens with zero attached hydrogens (tertiary/aromatic N) is 2. The van der Waals surface area contributed by atoms with Crippen molar-refractivity contribution >= 4 is 10.9 Å². The lowest BCUT2D eigenvalue weighted by Crippen LogP contribution is -1.91. The Bertz CT molecular complexity index is 1210. The van der Waals surface area contributed by atoms with E-state index in [0.717, 1.165) is 44.8 Å². The van der Waals surface area contributed by atoms with Crippen LogP contribution in [0.3, 0.4) is 0 Å². The summed E-state index contributed by atoms with van der Waals surface area (Å²) in [6, 6.07) is 30.8. The molecule has 2 heterocycles. The van der Waals surface area contributed by atoms with Crippen molar-refractivity contribution in [1.29, 1.82) is 0 Å². The van der Waals surface area contributed by atoms with Crippen molar-refractivity contribution in [2.24, 2.45) is 0 Å². The zero-order valence-corrected chi connectivity index (χ0v) is 14.6. The van der Waals surface area contributed by atoms with E-state index < -0.39 is 0 Å². The van der Waals surface area contributed by atoms with E-state index in [-0.39, 0.29) is 0 Å². The van der Waals surface area contributed by atoms with Gasteiger partial charge in [-0.3, -0.25) is 0 Å². The maximum atomic E-state index is 4.85. The van der Waals surface area contributed by atoms with E-state index in [0.29, 0.717) is 0 Å². The fourth-order valence-corrected chi connectivity index (χ4v) is 3.35. The molecule has 3 aromatic carbocycles. The average Bonchev–Trinajstić information content (AvgIpc) is 3.24. The summed E-state index contributed by atoms with van der Waals surface area (Å²) in [5.41, 5.74) is 6.19. The third-order valence-corrected chi connectivity index (χ3v) is 4.70. The van der Waals surface area contributed by atoms with E-state index in [2.05, 4.69) is 46.4 Å². The van der Waals surface area contributed by atoms with Gasteiger partial charge in [0.2, 0.25) is 0 Å². The van der Waals surface area contributed by atoms with Crippen molar-refractivity contribution < 1.29 is 0 Å².